The largest absolute Gasteiger partial charge is 0.334 e. The molecular weight excluding hydrogens is 326 g/mol. The quantitative estimate of drug-likeness (QED) is 0.719. The summed E-state index contributed by atoms with van der Waals surface area (Å²) < 4.78 is 1.46. The molecular formula is C17H14ClN5O. The lowest BCUT2D eigenvalue weighted by molar-refractivity contribution is 0.0734. The van der Waals surface area contributed by atoms with Gasteiger partial charge in [0.25, 0.3) is 5.91 Å². The van der Waals surface area contributed by atoms with E-state index in [2.05, 4.69) is 27.7 Å². The van der Waals surface area contributed by atoms with Gasteiger partial charge in [0.2, 0.25) is 0 Å². The van der Waals surface area contributed by atoms with Gasteiger partial charge in [-0.25, -0.2) is 0 Å². The van der Waals surface area contributed by atoms with E-state index in [1.54, 1.807) is 18.2 Å². The van der Waals surface area contributed by atoms with E-state index in [4.69, 9.17) is 11.6 Å². The van der Waals surface area contributed by atoms with Crippen LogP contribution >= 0.6 is 11.6 Å². The zero-order valence-corrected chi connectivity index (χ0v) is 13.5. The highest BCUT2D eigenvalue weighted by molar-refractivity contribution is 6.31. The van der Waals surface area contributed by atoms with Gasteiger partial charge in [-0.1, -0.05) is 35.9 Å². The number of carbonyl (C=O) groups is 1. The summed E-state index contributed by atoms with van der Waals surface area (Å²) in [4.78, 5) is 14.9. The lowest BCUT2D eigenvalue weighted by atomic mass is 9.99. The topological polar surface area (TPSA) is 63.9 Å². The van der Waals surface area contributed by atoms with Crippen molar-refractivity contribution in [2.24, 2.45) is 0 Å². The van der Waals surface area contributed by atoms with Crippen LogP contribution in [0.4, 0.5) is 0 Å². The summed E-state index contributed by atoms with van der Waals surface area (Å²) in [6, 6.07) is 13.4. The Labute approximate surface area is 143 Å². The Bertz CT molecular complexity index is 894. The molecule has 7 heteroatoms. The summed E-state index contributed by atoms with van der Waals surface area (Å²) >= 11 is 6.08. The highest BCUT2D eigenvalue weighted by atomic mass is 35.5. The third-order valence-corrected chi connectivity index (χ3v) is 4.44. The minimum Gasteiger partial charge on any atom is -0.334 e. The van der Waals surface area contributed by atoms with Crippen molar-refractivity contribution in [1.82, 2.24) is 25.1 Å². The first-order chi connectivity index (χ1) is 11.7. The first kappa shape index (κ1) is 14.8. The highest BCUT2D eigenvalue weighted by Gasteiger charge is 2.24. The molecule has 2 heterocycles. The third kappa shape index (κ3) is 2.65. The number of hydrogen-bond acceptors (Lipinski definition) is 4. The second-order valence-electron chi connectivity index (χ2n) is 5.66. The fourth-order valence-electron chi connectivity index (χ4n) is 2.99. The summed E-state index contributed by atoms with van der Waals surface area (Å²) in [6.07, 6.45) is 2.31. The van der Waals surface area contributed by atoms with Gasteiger partial charge in [0.1, 0.15) is 6.33 Å². The predicted molar refractivity (Wildman–Crippen MR) is 89.1 cm³/mol. The Morgan fingerprint density at radius 2 is 1.96 bits per heavy atom. The molecule has 0 spiro atoms. The maximum Gasteiger partial charge on any atom is 0.256 e. The number of hydrogen-bond donors (Lipinski definition) is 0. The molecule has 1 aliphatic rings. The lowest BCUT2D eigenvalue weighted by Gasteiger charge is -2.29. The van der Waals surface area contributed by atoms with E-state index in [0.29, 0.717) is 29.4 Å². The molecule has 1 aromatic heterocycles. The number of benzene rings is 2. The molecule has 24 heavy (non-hydrogen) atoms. The third-order valence-electron chi connectivity index (χ3n) is 4.20. The Balaban J connectivity index is 1.69. The van der Waals surface area contributed by atoms with E-state index in [1.165, 1.54) is 22.1 Å². The van der Waals surface area contributed by atoms with Gasteiger partial charge >= 0.3 is 0 Å². The van der Waals surface area contributed by atoms with Crippen LogP contribution in [0.3, 0.4) is 0 Å². The molecule has 2 aromatic carbocycles. The fourth-order valence-corrected chi connectivity index (χ4v) is 3.15. The molecule has 120 valence electrons. The molecule has 0 radical (unpaired) electrons. The zero-order chi connectivity index (χ0) is 16.5. The number of tetrazole rings is 1. The SMILES string of the molecule is O=C(c1ccc(Cl)cc1-n1cnnn1)N1CCc2ccccc2C1. The smallest absolute Gasteiger partial charge is 0.256 e. The molecule has 4 rings (SSSR count). The number of halogens is 1. The Hall–Kier alpha value is -2.73. The standard InChI is InChI=1S/C17H14ClN5O/c18-14-5-6-15(16(9-14)23-11-19-20-21-23)17(24)22-8-7-12-3-1-2-4-13(12)10-22/h1-6,9,11H,7-8,10H2. The minimum atomic E-state index is -0.0494. The summed E-state index contributed by atoms with van der Waals surface area (Å²) in [5.41, 5.74) is 3.61. The van der Waals surface area contributed by atoms with Crippen LogP contribution in [0.2, 0.25) is 5.02 Å². The molecule has 0 saturated carbocycles. The van der Waals surface area contributed by atoms with Crippen LogP contribution in [0.15, 0.2) is 48.8 Å². The van der Waals surface area contributed by atoms with Crippen molar-refractivity contribution in [3.05, 3.63) is 70.5 Å². The van der Waals surface area contributed by atoms with Crippen LogP contribution in [-0.4, -0.2) is 37.6 Å². The minimum absolute atomic E-state index is 0.0494. The Morgan fingerprint density at radius 1 is 1.12 bits per heavy atom. The maximum absolute atomic E-state index is 13.0. The number of carbonyl (C=O) groups excluding carboxylic acids is 1. The van der Waals surface area contributed by atoms with E-state index in [-0.39, 0.29) is 5.91 Å². The number of aromatic nitrogens is 4. The van der Waals surface area contributed by atoms with E-state index in [0.717, 1.165) is 6.42 Å². The maximum atomic E-state index is 13.0. The van der Waals surface area contributed by atoms with Crippen molar-refractivity contribution < 1.29 is 4.79 Å². The van der Waals surface area contributed by atoms with Gasteiger partial charge in [0.15, 0.2) is 0 Å². The van der Waals surface area contributed by atoms with E-state index < -0.39 is 0 Å². The molecule has 0 saturated heterocycles. The van der Waals surface area contributed by atoms with Crippen LogP contribution in [0.1, 0.15) is 21.5 Å². The first-order valence-corrected chi connectivity index (χ1v) is 7.99. The predicted octanol–water partition coefficient (Wildman–Crippen LogP) is 2.51. The van der Waals surface area contributed by atoms with Crippen molar-refractivity contribution in [3.63, 3.8) is 0 Å². The van der Waals surface area contributed by atoms with Crippen LogP contribution in [0.25, 0.3) is 5.69 Å². The summed E-state index contributed by atoms with van der Waals surface area (Å²) in [6.45, 7) is 1.29. The van der Waals surface area contributed by atoms with Crippen molar-refractivity contribution in [2.45, 2.75) is 13.0 Å². The van der Waals surface area contributed by atoms with Crippen LogP contribution in [-0.2, 0) is 13.0 Å². The second kappa shape index (κ2) is 6.05. The normalized spacial score (nSPS) is 13.6. The van der Waals surface area contributed by atoms with Gasteiger partial charge in [-0.05, 0) is 46.2 Å². The molecule has 0 bridgehead atoms. The van der Waals surface area contributed by atoms with Crippen molar-refractivity contribution in [2.75, 3.05) is 6.54 Å². The van der Waals surface area contributed by atoms with E-state index in [9.17, 15) is 4.79 Å². The van der Waals surface area contributed by atoms with Gasteiger partial charge in [-0.2, -0.15) is 4.68 Å². The number of nitrogens with zero attached hydrogens (tertiary/aromatic N) is 5. The average Bonchev–Trinajstić information content (AvgIpc) is 3.15. The van der Waals surface area contributed by atoms with E-state index in [1.807, 2.05) is 17.0 Å². The molecule has 0 atom stereocenters. The molecule has 1 amide bonds. The summed E-state index contributed by atoms with van der Waals surface area (Å²) in [5.74, 6) is -0.0494. The molecule has 0 unspecified atom stereocenters. The summed E-state index contributed by atoms with van der Waals surface area (Å²) in [5, 5.41) is 11.7. The number of amides is 1. The Morgan fingerprint density at radius 3 is 2.75 bits per heavy atom. The van der Waals surface area contributed by atoms with Gasteiger partial charge in [-0.15, -0.1) is 5.10 Å². The Kier molecular flexibility index (Phi) is 3.74. The van der Waals surface area contributed by atoms with Gasteiger partial charge in [0.05, 0.1) is 11.3 Å². The van der Waals surface area contributed by atoms with Crippen LogP contribution in [0, 0.1) is 0 Å². The molecule has 3 aromatic rings. The van der Waals surface area contributed by atoms with Crippen LogP contribution < -0.4 is 0 Å². The molecule has 0 N–H and O–H groups in total. The lowest BCUT2D eigenvalue weighted by Crippen LogP contribution is -2.36. The number of fused-ring (bicyclic) bond motifs is 1. The first-order valence-electron chi connectivity index (χ1n) is 7.61. The van der Waals surface area contributed by atoms with Gasteiger partial charge in [-0.3, -0.25) is 4.79 Å². The average molecular weight is 340 g/mol. The molecule has 6 nitrogen and oxygen atoms in total. The van der Waals surface area contributed by atoms with Crippen molar-refractivity contribution in [3.8, 4) is 5.69 Å². The molecule has 0 fully saturated rings. The second-order valence-corrected chi connectivity index (χ2v) is 6.10. The van der Waals surface area contributed by atoms with Crippen molar-refractivity contribution in [1.29, 1.82) is 0 Å². The zero-order valence-electron chi connectivity index (χ0n) is 12.8. The van der Waals surface area contributed by atoms with Crippen LogP contribution in [0.5, 0.6) is 0 Å². The molecule has 0 aliphatic carbocycles. The highest BCUT2D eigenvalue weighted by Crippen LogP contribution is 2.24. The summed E-state index contributed by atoms with van der Waals surface area (Å²) in [7, 11) is 0. The van der Waals surface area contributed by atoms with Gasteiger partial charge < -0.3 is 4.90 Å². The van der Waals surface area contributed by atoms with E-state index >= 15 is 0 Å². The number of rotatable bonds is 2. The van der Waals surface area contributed by atoms with Gasteiger partial charge in [0, 0.05) is 18.1 Å². The molecule has 1 aliphatic heterocycles. The monoisotopic (exact) mass is 339 g/mol. The van der Waals surface area contributed by atoms with Crippen molar-refractivity contribution >= 4 is 17.5 Å². The fraction of sp³-hybridized carbons (Fsp3) is 0.176.